The lowest BCUT2D eigenvalue weighted by molar-refractivity contribution is 0.233. The van der Waals surface area contributed by atoms with Crippen LogP contribution in [0.5, 0.6) is 23.0 Å². The van der Waals surface area contributed by atoms with Crippen molar-refractivity contribution in [3.8, 4) is 23.0 Å². The second-order valence-electron chi connectivity index (χ2n) is 4.64. The molecule has 0 radical (unpaired) electrons. The molecule has 0 N–H and O–H groups in total. The fourth-order valence-corrected chi connectivity index (χ4v) is 1.86. The summed E-state index contributed by atoms with van der Waals surface area (Å²) in [6.07, 6.45) is 3.05. The molecule has 0 unspecified atom stereocenters. The zero-order valence-electron chi connectivity index (χ0n) is 13.7. The molecule has 0 amide bonds. The summed E-state index contributed by atoms with van der Waals surface area (Å²) in [4.78, 5) is 0. The van der Waals surface area contributed by atoms with Crippen LogP contribution >= 0.6 is 0 Å². The van der Waals surface area contributed by atoms with Crippen molar-refractivity contribution in [2.75, 3.05) is 26.4 Å². The van der Waals surface area contributed by atoms with Crippen LogP contribution in [0, 0.1) is 0 Å². The van der Waals surface area contributed by atoms with E-state index < -0.39 is 0 Å². The van der Waals surface area contributed by atoms with Crippen LogP contribution in [0.3, 0.4) is 0 Å². The summed E-state index contributed by atoms with van der Waals surface area (Å²) in [5.41, 5.74) is 0. The van der Waals surface area contributed by atoms with Crippen molar-refractivity contribution in [3.05, 3.63) is 12.1 Å². The largest absolute Gasteiger partial charge is 0.490 e. The molecule has 0 aliphatic heterocycles. The molecule has 120 valence electrons. The Morgan fingerprint density at radius 3 is 1.86 bits per heavy atom. The second-order valence-corrected chi connectivity index (χ2v) is 4.64. The molecule has 0 saturated carbocycles. The van der Waals surface area contributed by atoms with E-state index in [-0.39, 0.29) is 0 Å². The summed E-state index contributed by atoms with van der Waals surface area (Å²) >= 11 is 0. The van der Waals surface area contributed by atoms with Gasteiger partial charge in [-0.3, -0.25) is 0 Å². The van der Waals surface area contributed by atoms with Gasteiger partial charge in [-0.25, -0.2) is 0 Å². The van der Waals surface area contributed by atoms with Gasteiger partial charge in [-0.15, -0.1) is 0 Å². The van der Waals surface area contributed by atoms with Gasteiger partial charge >= 0.3 is 0 Å². The molecule has 0 spiro atoms. The van der Waals surface area contributed by atoms with E-state index in [4.69, 9.17) is 18.9 Å². The molecule has 0 aromatic heterocycles. The Bertz CT molecular complexity index is 404. The van der Waals surface area contributed by atoms with Crippen LogP contribution in [0.1, 0.15) is 47.0 Å². The van der Waals surface area contributed by atoms with Gasteiger partial charge in [0.1, 0.15) is 0 Å². The molecule has 0 saturated heterocycles. The Balaban J connectivity index is 3.06. The monoisotopic (exact) mass is 296 g/mol. The number of ether oxygens (including phenoxy) is 4. The molecule has 1 aromatic carbocycles. The van der Waals surface area contributed by atoms with E-state index in [0.717, 1.165) is 25.0 Å². The third kappa shape index (κ3) is 5.37. The highest BCUT2D eigenvalue weighted by Gasteiger charge is 2.18. The molecular formula is C17H28O4. The Hall–Kier alpha value is -1.58. The van der Waals surface area contributed by atoms with Gasteiger partial charge in [0.25, 0.3) is 0 Å². The second kappa shape index (κ2) is 10.2. The van der Waals surface area contributed by atoms with Gasteiger partial charge in [0.15, 0.2) is 11.5 Å². The quantitative estimate of drug-likeness (QED) is 0.565. The van der Waals surface area contributed by atoms with Crippen molar-refractivity contribution < 1.29 is 18.9 Å². The summed E-state index contributed by atoms with van der Waals surface area (Å²) in [7, 11) is 0. The predicted molar refractivity (Wildman–Crippen MR) is 85.0 cm³/mol. The number of hydrogen-bond donors (Lipinski definition) is 0. The molecule has 21 heavy (non-hydrogen) atoms. The zero-order chi connectivity index (χ0) is 15.5. The maximum Gasteiger partial charge on any atom is 0.207 e. The van der Waals surface area contributed by atoms with Crippen LogP contribution < -0.4 is 18.9 Å². The molecule has 0 fully saturated rings. The van der Waals surface area contributed by atoms with Gasteiger partial charge in [-0.1, -0.05) is 20.3 Å². The molecule has 4 heteroatoms. The minimum absolute atomic E-state index is 0.557. The standard InChI is InChI=1S/C17H28O4/c1-5-9-13-20-15-11-10-14(18-7-3)16(19-8-4)17(15)21-12-6-2/h10-11H,5-9,12-13H2,1-4H3. The zero-order valence-corrected chi connectivity index (χ0v) is 13.7. The van der Waals surface area contributed by atoms with Crippen LogP contribution in [-0.4, -0.2) is 26.4 Å². The lowest BCUT2D eigenvalue weighted by atomic mass is 10.2. The number of hydrogen-bond acceptors (Lipinski definition) is 4. The topological polar surface area (TPSA) is 36.9 Å². The first-order valence-corrected chi connectivity index (χ1v) is 7.96. The van der Waals surface area contributed by atoms with Gasteiger partial charge < -0.3 is 18.9 Å². The molecule has 0 atom stereocenters. The number of unbranched alkanes of at least 4 members (excludes halogenated alkanes) is 1. The molecule has 1 rings (SSSR count). The van der Waals surface area contributed by atoms with Crippen LogP contribution in [-0.2, 0) is 0 Å². The van der Waals surface area contributed by atoms with Gasteiger partial charge in [0, 0.05) is 0 Å². The summed E-state index contributed by atoms with van der Waals surface area (Å²) in [6.45, 7) is 10.6. The van der Waals surface area contributed by atoms with E-state index in [1.165, 1.54) is 0 Å². The molecular weight excluding hydrogens is 268 g/mol. The van der Waals surface area contributed by atoms with E-state index in [2.05, 4.69) is 13.8 Å². The first-order chi connectivity index (χ1) is 10.3. The maximum atomic E-state index is 5.86. The van der Waals surface area contributed by atoms with E-state index in [1.54, 1.807) is 0 Å². The maximum absolute atomic E-state index is 5.86. The fourth-order valence-electron chi connectivity index (χ4n) is 1.86. The summed E-state index contributed by atoms with van der Waals surface area (Å²) < 4.78 is 23.1. The molecule has 0 bridgehead atoms. The van der Waals surface area contributed by atoms with E-state index in [9.17, 15) is 0 Å². The van der Waals surface area contributed by atoms with E-state index >= 15 is 0 Å². The van der Waals surface area contributed by atoms with Crippen molar-refractivity contribution in [2.45, 2.75) is 47.0 Å². The van der Waals surface area contributed by atoms with Crippen LogP contribution in [0.2, 0.25) is 0 Å². The van der Waals surface area contributed by atoms with Crippen molar-refractivity contribution in [2.24, 2.45) is 0 Å². The van der Waals surface area contributed by atoms with Crippen molar-refractivity contribution in [1.82, 2.24) is 0 Å². The lowest BCUT2D eigenvalue weighted by Gasteiger charge is -2.19. The van der Waals surface area contributed by atoms with Gasteiger partial charge in [-0.2, -0.15) is 0 Å². The Morgan fingerprint density at radius 2 is 1.29 bits per heavy atom. The number of rotatable bonds is 11. The summed E-state index contributed by atoms with van der Waals surface area (Å²) in [5, 5.41) is 0. The summed E-state index contributed by atoms with van der Waals surface area (Å²) in [5.74, 6) is 2.72. The number of benzene rings is 1. The van der Waals surface area contributed by atoms with E-state index in [0.29, 0.717) is 43.7 Å². The first kappa shape index (κ1) is 17.5. The lowest BCUT2D eigenvalue weighted by Crippen LogP contribution is -2.06. The SMILES string of the molecule is CCCCOc1ccc(OCC)c(OCC)c1OCCC. The van der Waals surface area contributed by atoms with Crippen LogP contribution in [0.25, 0.3) is 0 Å². The third-order valence-electron chi connectivity index (χ3n) is 2.83. The fraction of sp³-hybridized carbons (Fsp3) is 0.647. The average molecular weight is 296 g/mol. The molecule has 0 aliphatic carbocycles. The summed E-state index contributed by atoms with van der Waals surface area (Å²) in [6, 6.07) is 3.78. The first-order valence-electron chi connectivity index (χ1n) is 7.96. The molecule has 0 aliphatic rings. The highest BCUT2D eigenvalue weighted by Crippen LogP contribution is 2.44. The highest BCUT2D eigenvalue weighted by molar-refractivity contribution is 5.59. The smallest absolute Gasteiger partial charge is 0.207 e. The normalized spacial score (nSPS) is 10.3. The van der Waals surface area contributed by atoms with E-state index in [1.807, 2.05) is 26.0 Å². The van der Waals surface area contributed by atoms with Crippen LogP contribution in [0.15, 0.2) is 12.1 Å². The van der Waals surface area contributed by atoms with Crippen molar-refractivity contribution in [1.29, 1.82) is 0 Å². The van der Waals surface area contributed by atoms with Crippen molar-refractivity contribution >= 4 is 0 Å². The van der Waals surface area contributed by atoms with Crippen LogP contribution in [0.4, 0.5) is 0 Å². The van der Waals surface area contributed by atoms with Gasteiger partial charge in [-0.05, 0) is 38.8 Å². The Labute approximate surface area is 128 Å². The predicted octanol–water partition coefficient (Wildman–Crippen LogP) is 4.45. The van der Waals surface area contributed by atoms with Crippen molar-refractivity contribution in [3.63, 3.8) is 0 Å². The van der Waals surface area contributed by atoms with Gasteiger partial charge in [0.05, 0.1) is 26.4 Å². The highest BCUT2D eigenvalue weighted by atomic mass is 16.6. The Morgan fingerprint density at radius 1 is 0.667 bits per heavy atom. The minimum atomic E-state index is 0.557. The Kier molecular flexibility index (Phi) is 8.48. The van der Waals surface area contributed by atoms with Gasteiger partial charge in [0.2, 0.25) is 11.5 Å². The third-order valence-corrected chi connectivity index (χ3v) is 2.83. The minimum Gasteiger partial charge on any atom is -0.490 e. The molecule has 0 heterocycles. The molecule has 4 nitrogen and oxygen atoms in total. The average Bonchev–Trinajstić information content (AvgIpc) is 2.49. The molecule has 1 aromatic rings.